The van der Waals surface area contributed by atoms with E-state index in [1.165, 1.54) is 14.2 Å². The molecule has 2 aliphatic heterocycles. The molecule has 0 aliphatic carbocycles. The van der Waals surface area contributed by atoms with Gasteiger partial charge in [0.15, 0.2) is 0 Å². The van der Waals surface area contributed by atoms with E-state index in [1.54, 1.807) is 6.07 Å². The van der Waals surface area contributed by atoms with E-state index in [-0.39, 0.29) is 11.5 Å². The number of pyridine rings is 1. The summed E-state index contributed by atoms with van der Waals surface area (Å²) in [4.78, 5) is 14.5. The van der Waals surface area contributed by atoms with Gasteiger partial charge in [-0.05, 0) is 24.0 Å². The van der Waals surface area contributed by atoms with Crippen LogP contribution in [0, 0.1) is 5.92 Å². The lowest BCUT2D eigenvalue weighted by Gasteiger charge is -2.46. The fourth-order valence-electron chi connectivity index (χ4n) is 4.63. The van der Waals surface area contributed by atoms with E-state index >= 15 is 0 Å². The fourth-order valence-corrected chi connectivity index (χ4v) is 6.30. The van der Waals surface area contributed by atoms with E-state index in [1.807, 2.05) is 47.0 Å². The monoisotopic (exact) mass is 388 g/mol. The summed E-state index contributed by atoms with van der Waals surface area (Å²) in [5.41, 5.74) is 2.06. The summed E-state index contributed by atoms with van der Waals surface area (Å²) >= 11 is 0. The number of nitrogens with zero attached hydrogens (tertiary/aromatic N) is 2. The minimum Gasteiger partial charge on any atom is -0.312 e. The third kappa shape index (κ3) is 3.32. The molecule has 3 unspecified atom stereocenters. The van der Waals surface area contributed by atoms with Crippen molar-refractivity contribution >= 4 is 7.60 Å². The molecule has 27 heavy (non-hydrogen) atoms. The molecule has 1 aromatic heterocycles. The number of rotatable bonds is 5. The zero-order valence-electron chi connectivity index (χ0n) is 15.7. The van der Waals surface area contributed by atoms with Crippen LogP contribution in [0.4, 0.5) is 0 Å². The number of hydrogen-bond acceptors (Lipinski definition) is 5. The second-order valence-electron chi connectivity index (χ2n) is 7.34. The maximum atomic E-state index is 13.4. The molecule has 3 atom stereocenters. The largest absolute Gasteiger partial charge is 0.351 e. The van der Waals surface area contributed by atoms with E-state index in [9.17, 15) is 9.36 Å². The molecule has 6 nitrogen and oxygen atoms in total. The highest BCUT2D eigenvalue weighted by atomic mass is 31.2. The van der Waals surface area contributed by atoms with Gasteiger partial charge in [0, 0.05) is 51.5 Å². The highest BCUT2D eigenvalue weighted by Crippen LogP contribution is 2.62. The standard InChI is InChI=1S/C20H25N2O4P/c1-25-27(24,26-2)20(16-7-4-3-5-8-16)21-12-15-11-17(14-21)18-9-6-10-19(23)22(18)13-15/h3-10,15,17,20H,11-14H2,1-2H3. The van der Waals surface area contributed by atoms with Crippen LogP contribution in [0.2, 0.25) is 0 Å². The van der Waals surface area contributed by atoms with Crippen molar-refractivity contribution in [2.24, 2.45) is 5.92 Å². The normalized spacial score (nSPS) is 23.6. The van der Waals surface area contributed by atoms with Crippen LogP contribution in [-0.4, -0.2) is 36.8 Å². The maximum Gasteiger partial charge on any atom is 0.351 e. The zero-order valence-corrected chi connectivity index (χ0v) is 16.5. The van der Waals surface area contributed by atoms with Crippen LogP contribution in [0.1, 0.15) is 29.4 Å². The Kier molecular flexibility index (Phi) is 5.08. The van der Waals surface area contributed by atoms with Crippen molar-refractivity contribution in [2.75, 3.05) is 27.3 Å². The number of aromatic nitrogens is 1. The van der Waals surface area contributed by atoms with Gasteiger partial charge in [0.25, 0.3) is 5.56 Å². The van der Waals surface area contributed by atoms with Crippen LogP contribution < -0.4 is 5.56 Å². The Bertz CT molecular complexity index is 906. The van der Waals surface area contributed by atoms with Crippen molar-refractivity contribution < 1.29 is 13.6 Å². The molecule has 1 saturated heterocycles. The Morgan fingerprint density at radius 1 is 1.00 bits per heavy atom. The Hall–Kier alpha value is -1.72. The fraction of sp³-hybridized carbons (Fsp3) is 0.450. The lowest BCUT2D eigenvalue weighted by molar-refractivity contribution is 0.0927. The molecule has 2 aliphatic rings. The van der Waals surface area contributed by atoms with Crippen molar-refractivity contribution in [3.8, 4) is 0 Å². The van der Waals surface area contributed by atoms with Crippen LogP contribution in [0.25, 0.3) is 0 Å². The predicted molar refractivity (Wildman–Crippen MR) is 104 cm³/mol. The molecule has 0 amide bonds. The summed E-state index contributed by atoms with van der Waals surface area (Å²) in [7, 11) is -0.469. The second-order valence-corrected chi connectivity index (χ2v) is 9.64. The molecule has 7 heteroatoms. The van der Waals surface area contributed by atoms with E-state index in [4.69, 9.17) is 9.05 Å². The summed E-state index contributed by atoms with van der Waals surface area (Å²) < 4.78 is 26.1. The molecule has 0 N–H and O–H groups in total. The Morgan fingerprint density at radius 2 is 1.74 bits per heavy atom. The van der Waals surface area contributed by atoms with Crippen LogP contribution in [0.3, 0.4) is 0 Å². The highest BCUT2D eigenvalue weighted by molar-refractivity contribution is 7.54. The number of piperidine rings is 1. The molecular weight excluding hydrogens is 363 g/mol. The van der Waals surface area contributed by atoms with Crippen molar-refractivity contribution in [1.29, 1.82) is 0 Å². The van der Waals surface area contributed by atoms with Gasteiger partial charge in [0.1, 0.15) is 5.78 Å². The Balaban J connectivity index is 1.73. The van der Waals surface area contributed by atoms with Gasteiger partial charge in [-0.2, -0.15) is 0 Å². The Morgan fingerprint density at radius 3 is 2.44 bits per heavy atom. The van der Waals surface area contributed by atoms with Crippen LogP contribution in [0.5, 0.6) is 0 Å². The SMILES string of the molecule is COP(=O)(OC)C(c1ccccc1)N1CC2CC(C1)c1cccc(=O)n1C2. The van der Waals surface area contributed by atoms with Crippen LogP contribution >= 0.6 is 7.60 Å². The molecular formula is C20H25N2O4P. The van der Waals surface area contributed by atoms with E-state index < -0.39 is 13.4 Å². The minimum absolute atomic E-state index is 0.0646. The third-order valence-electron chi connectivity index (χ3n) is 5.76. The molecule has 0 saturated carbocycles. The summed E-state index contributed by atoms with van der Waals surface area (Å²) in [6, 6.07) is 15.3. The smallest absolute Gasteiger partial charge is 0.312 e. The molecule has 3 heterocycles. The first-order valence-corrected chi connectivity index (χ1v) is 10.9. The first kappa shape index (κ1) is 18.6. The molecule has 0 spiro atoms. The van der Waals surface area contributed by atoms with Crippen molar-refractivity contribution in [1.82, 2.24) is 9.47 Å². The summed E-state index contributed by atoms with van der Waals surface area (Å²) in [5.74, 6) is 0.116. The minimum atomic E-state index is -3.36. The van der Waals surface area contributed by atoms with Gasteiger partial charge in [0.05, 0.1) is 0 Å². The van der Waals surface area contributed by atoms with Gasteiger partial charge in [-0.1, -0.05) is 36.4 Å². The van der Waals surface area contributed by atoms with E-state index in [0.717, 1.165) is 30.8 Å². The van der Waals surface area contributed by atoms with Gasteiger partial charge < -0.3 is 13.6 Å². The average Bonchev–Trinajstić information content (AvgIpc) is 2.69. The zero-order chi connectivity index (χ0) is 19.0. The van der Waals surface area contributed by atoms with E-state index in [0.29, 0.717) is 12.5 Å². The lowest BCUT2D eigenvalue weighted by atomic mass is 9.83. The predicted octanol–water partition coefficient (Wildman–Crippen LogP) is 3.45. The van der Waals surface area contributed by atoms with E-state index in [2.05, 4.69) is 4.90 Å². The number of likely N-dealkylation sites (tertiary alicyclic amines) is 1. The highest BCUT2D eigenvalue weighted by Gasteiger charge is 2.45. The van der Waals surface area contributed by atoms with Crippen LogP contribution in [-0.2, 0) is 20.2 Å². The molecule has 1 aromatic carbocycles. The summed E-state index contributed by atoms with van der Waals surface area (Å²) in [5, 5.41) is 0. The lowest BCUT2D eigenvalue weighted by Crippen LogP contribution is -2.48. The molecule has 2 bridgehead atoms. The topological polar surface area (TPSA) is 60.8 Å². The van der Waals surface area contributed by atoms with Gasteiger partial charge in [-0.25, -0.2) is 0 Å². The van der Waals surface area contributed by atoms with Crippen molar-refractivity contribution in [2.45, 2.75) is 24.7 Å². The average molecular weight is 388 g/mol. The molecule has 144 valence electrons. The van der Waals surface area contributed by atoms with Gasteiger partial charge in [-0.3, -0.25) is 14.3 Å². The second kappa shape index (κ2) is 7.36. The molecule has 0 radical (unpaired) electrons. The summed E-state index contributed by atoms with van der Waals surface area (Å²) in [6.07, 6.45) is 1.05. The van der Waals surface area contributed by atoms with Crippen LogP contribution in [0.15, 0.2) is 53.3 Å². The first-order valence-electron chi connectivity index (χ1n) is 9.25. The summed E-state index contributed by atoms with van der Waals surface area (Å²) in [6.45, 7) is 2.18. The van der Waals surface area contributed by atoms with Crippen molar-refractivity contribution in [3.05, 3.63) is 70.1 Å². The first-order chi connectivity index (χ1) is 13.1. The number of benzene rings is 1. The number of hydrogen-bond donors (Lipinski definition) is 0. The van der Waals surface area contributed by atoms with Crippen molar-refractivity contribution in [3.63, 3.8) is 0 Å². The maximum absolute atomic E-state index is 13.4. The number of fused-ring (bicyclic) bond motifs is 4. The van der Waals surface area contributed by atoms with Gasteiger partial charge in [-0.15, -0.1) is 0 Å². The molecule has 2 aromatic rings. The molecule has 4 rings (SSSR count). The van der Waals surface area contributed by atoms with Gasteiger partial charge >= 0.3 is 7.60 Å². The molecule has 1 fully saturated rings. The quantitative estimate of drug-likeness (QED) is 0.735. The Labute approximate surface area is 159 Å². The van der Waals surface area contributed by atoms with Gasteiger partial charge in [0.2, 0.25) is 0 Å². The third-order valence-corrected chi connectivity index (χ3v) is 8.00.